The van der Waals surface area contributed by atoms with Gasteiger partial charge in [0.15, 0.2) is 5.78 Å². The molecule has 3 heteroatoms. The SMILES string of the molecule is Cc1cccc(CN(C)CC(=O)c2cccc(F)c2)c1. The third-order valence-electron chi connectivity index (χ3n) is 3.10. The van der Waals surface area contributed by atoms with Gasteiger partial charge in [-0.25, -0.2) is 4.39 Å². The molecule has 104 valence electrons. The predicted molar refractivity (Wildman–Crippen MR) is 78.2 cm³/mol. The summed E-state index contributed by atoms with van der Waals surface area (Å²) in [6.45, 7) is 3.02. The first-order chi connectivity index (χ1) is 9.54. The Labute approximate surface area is 118 Å². The number of Topliss-reactive ketones (excluding diaryl/α,β-unsaturated/α-hetero) is 1. The van der Waals surface area contributed by atoms with Crippen LogP contribution in [0.15, 0.2) is 48.5 Å². The number of carbonyl (C=O) groups is 1. The molecule has 2 nitrogen and oxygen atoms in total. The number of nitrogens with zero attached hydrogens (tertiary/aromatic N) is 1. The van der Waals surface area contributed by atoms with E-state index in [4.69, 9.17) is 0 Å². The van der Waals surface area contributed by atoms with E-state index in [1.807, 2.05) is 37.1 Å². The van der Waals surface area contributed by atoms with Gasteiger partial charge in [0.25, 0.3) is 0 Å². The number of halogens is 1. The fourth-order valence-corrected chi connectivity index (χ4v) is 2.18. The van der Waals surface area contributed by atoms with E-state index in [1.54, 1.807) is 12.1 Å². The van der Waals surface area contributed by atoms with Crippen molar-refractivity contribution in [2.45, 2.75) is 13.5 Å². The maximum absolute atomic E-state index is 13.1. The number of rotatable bonds is 5. The van der Waals surface area contributed by atoms with Crippen molar-refractivity contribution < 1.29 is 9.18 Å². The number of likely N-dealkylation sites (N-methyl/N-ethyl adjacent to an activating group) is 1. The highest BCUT2D eigenvalue weighted by atomic mass is 19.1. The monoisotopic (exact) mass is 271 g/mol. The number of hydrogen-bond acceptors (Lipinski definition) is 2. The predicted octanol–water partition coefficient (Wildman–Crippen LogP) is 3.45. The van der Waals surface area contributed by atoms with Gasteiger partial charge < -0.3 is 0 Å². The first-order valence-electron chi connectivity index (χ1n) is 6.57. The molecular weight excluding hydrogens is 253 g/mol. The molecule has 0 atom stereocenters. The molecular formula is C17H18FNO. The number of carbonyl (C=O) groups excluding carboxylic acids is 1. The zero-order valence-electron chi connectivity index (χ0n) is 11.8. The average Bonchev–Trinajstić information content (AvgIpc) is 2.38. The third-order valence-corrected chi connectivity index (χ3v) is 3.10. The molecule has 0 aromatic heterocycles. The molecule has 0 aliphatic carbocycles. The Morgan fingerprint density at radius 2 is 1.90 bits per heavy atom. The standard InChI is InChI=1S/C17H18FNO/c1-13-5-3-6-14(9-13)11-19(2)12-17(20)15-7-4-8-16(18)10-15/h3-10H,11-12H2,1-2H3. The molecule has 0 saturated heterocycles. The Balaban J connectivity index is 1.97. The number of benzene rings is 2. The van der Waals surface area contributed by atoms with Crippen LogP contribution < -0.4 is 0 Å². The fourth-order valence-electron chi connectivity index (χ4n) is 2.18. The van der Waals surface area contributed by atoms with E-state index in [1.165, 1.54) is 23.3 Å². The molecule has 0 saturated carbocycles. The summed E-state index contributed by atoms with van der Waals surface area (Å²) >= 11 is 0. The van der Waals surface area contributed by atoms with E-state index in [0.717, 1.165) is 0 Å². The lowest BCUT2D eigenvalue weighted by Crippen LogP contribution is -2.25. The van der Waals surface area contributed by atoms with Crippen LogP contribution in [0, 0.1) is 12.7 Å². The minimum Gasteiger partial charge on any atom is -0.295 e. The van der Waals surface area contributed by atoms with Crippen LogP contribution in [0.4, 0.5) is 4.39 Å². The molecule has 2 rings (SSSR count). The lowest BCUT2D eigenvalue weighted by molar-refractivity contribution is 0.0942. The Bertz CT molecular complexity index is 609. The normalized spacial score (nSPS) is 10.8. The fraction of sp³-hybridized carbons (Fsp3) is 0.235. The molecule has 2 aromatic carbocycles. The molecule has 0 aliphatic rings. The molecule has 0 unspecified atom stereocenters. The van der Waals surface area contributed by atoms with E-state index in [-0.39, 0.29) is 18.1 Å². The molecule has 0 fully saturated rings. The van der Waals surface area contributed by atoms with Gasteiger partial charge in [0, 0.05) is 12.1 Å². The Morgan fingerprint density at radius 1 is 1.15 bits per heavy atom. The maximum atomic E-state index is 13.1. The van der Waals surface area contributed by atoms with Crippen molar-refractivity contribution in [3.8, 4) is 0 Å². The van der Waals surface area contributed by atoms with Crippen LogP contribution in [0.2, 0.25) is 0 Å². The molecule has 20 heavy (non-hydrogen) atoms. The van der Waals surface area contributed by atoms with Crippen LogP contribution in [0.5, 0.6) is 0 Å². The van der Waals surface area contributed by atoms with Crippen LogP contribution in [0.25, 0.3) is 0 Å². The Hall–Kier alpha value is -2.00. The van der Waals surface area contributed by atoms with Gasteiger partial charge in [0.1, 0.15) is 5.82 Å². The second-order valence-corrected chi connectivity index (χ2v) is 5.09. The molecule has 0 spiro atoms. The Kier molecular flexibility index (Phi) is 4.64. The zero-order chi connectivity index (χ0) is 14.5. The van der Waals surface area contributed by atoms with Crippen molar-refractivity contribution in [3.05, 3.63) is 71.0 Å². The van der Waals surface area contributed by atoms with Gasteiger partial charge in [0.2, 0.25) is 0 Å². The average molecular weight is 271 g/mol. The maximum Gasteiger partial charge on any atom is 0.176 e. The first kappa shape index (κ1) is 14.4. The van der Waals surface area contributed by atoms with Gasteiger partial charge >= 0.3 is 0 Å². The number of ketones is 1. The Morgan fingerprint density at radius 3 is 2.60 bits per heavy atom. The summed E-state index contributed by atoms with van der Waals surface area (Å²) < 4.78 is 13.1. The summed E-state index contributed by atoms with van der Waals surface area (Å²) in [6.07, 6.45) is 0. The highest BCUT2D eigenvalue weighted by molar-refractivity contribution is 5.97. The van der Waals surface area contributed by atoms with Crippen LogP contribution in [0.3, 0.4) is 0 Å². The van der Waals surface area contributed by atoms with Crippen molar-refractivity contribution in [2.24, 2.45) is 0 Å². The molecule has 0 bridgehead atoms. The lowest BCUT2D eigenvalue weighted by atomic mass is 10.1. The van der Waals surface area contributed by atoms with Gasteiger partial charge in [-0.05, 0) is 31.7 Å². The molecule has 0 N–H and O–H groups in total. The third kappa shape index (κ3) is 4.00. The zero-order valence-corrected chi connectivity index (χ0v) is 11.8. The van der Waals surface area contributed by atoms with Gasteiger partial charge in [-0.1, -0.05) is 42.0 Å². The molecule has 2 aromatic rings. The van der Waals surface area contributed by atoms with Gasteiger partial charge in [0.05, 0.1) is 6.54 Å². The molecule has 0 radical (unpaired) electrons. The largest absolute Gasteiger partial charge is 0.295 e. The quantitative estimate of drug-likeness (QED) is 0.776. The highest BCUT2D eigenvalue weighted by Crippen LogP contribution is 2.09. The summed E-state index contributed by atoms with van der Waals surface area (Å²) in [7, 11) is 1.89. The van der Waals surface area contributed by atoms with Gasteiger partial charge in [-0.2, -0.15) is 0 Å². The summed E-state index contributed by atoms with van der Waals surface area (Å²) in [5.74, 6) is -0.447. The van der Waals surface area contributed by atoms with Crippen LogP contribution in [-0.4, -0.2) is 24.3 Å². The molecule has 0 amide bonds. The minimum absolute atomic E-state index is 0.0698. The van der Waals surface area contributed by atoms with E-state index in [9.17, 15) is 9.18 Å². The van der Waals surface area contributed by atoms with Crippen molar-refractivity contribution >= 4 is 5.78 Å². The highest BCUT2D eigenvalue weighted by Gasteiger charge is 2.10. The van der Waals surface area contributed by atoms with Crippen LogP contribution >= 0.6 is 0 Å². The summed E-state index contributed by atoms with van der Waals surface area (Å²) in [6, 6.07) is 14.0. The molecule has 0 heterocycles. The molecule has 0 aliphatic heterocycles. The van der Waals surface area contributed by atoms with E-state index < -0.39 is 0 Å². The summed E-state index contributed by atoms with van der Waals surface area (Å²) in [5, 5.41) is 0. The smallest absolute Gasteiger partial charge is 0.176 e. The van der Waals surface area contributed by atoms with Crippen LogP contribution in [0.1, 0.15) is 21.5 Å². The minimum atomic E-state index is -0.378. The summed E-state index contributed by atoms with van der Waals surface area (Å²) in [4.78, 5) is 14.0. The summed E-state index contributed by atoms with van der Waals surface area (Å²) in [5.41, 5.74) is 2.79. The van der Waals surface area contributed by atoms with Crippen LogP contribution in [-0.2, 0) is 6.54 Å². The van der Waals surface area contributed by atoms with Crippen molar-refractivity contribution in [1.29, 1.82) is 0 Å². The van der Waals surface area contributed by atoms with E-state index in [0.29, 0.717) is 12.1 Å². The second kappa shape index (κ2) is 6.44. The van der Waals surface area contributed by atoms with Gasteiger partial charge in [-0.3, -0.25) is 9.69 Å². The van der Waals surface area contributed by atoms with E-state index in [2.05, 4.69) is 6.07 Å². The van der Waals surface area contributed by atoms with Crippen molar-refractivity contribution in [1.82, 2.24) is 4.90 Å². The lowest BCUT2D eigenvalue weighted by Gasteiger charge is -2.16. The number of aryl methyl sites for hydroxylation is 1. The van der Waals surface area contributed by atoms with E-state index >= 15 is 0 Å². The van der Waals surface area contributed by atoms with Crippen molar-refractivity contribution in [2.75, 3.05) is 13.6 Å². The second-order valence-electron chi connectivity index (χ2n) is 5.09. The number of hydrogen-bond donors (Lipinski definition) is 0. The topological polar surface area (TPSA) is 20.3 Å². The van der Waals surface area contributed by atoms with Crippen molar-refractivity contribution in [3.63, 3.8) is 0 Å². The first-order valence-corrected chi connectivity index (χ1v) is 6.57. The van der Waals surface area contributed by atoms with Gasteiger partial charge in [-0.15, -0.1) is 0 Å².